The van der Waals surface area contributed by atoms with Gasteiger partial charge >= 0.3 is 0 Å². The van der Waals surface area contributed by atoms with E-state index in [-0.39, 0.29) is 12.0 Å². The molecule has 1 aromatic heterocycles. The van der Waals surface area contributed by atoms with Crippen LogP contribution in [0.4, 0.5) is 17.1 Å². The van der Waals surface area contributed by atoms with Crippen LogP contribution in [0.25, 0.3) is 33.4 Å². The number of aryl methyl sites for hydroxylation is 1. The SMILES string of the molecule is CCc1ccc(-c2cn(CC(CC)CCO)cc(Nc3ccc(-c4cc(-c5ccc(OC)c(OC)c5)ccc4N)cc3)c2=O)cc1. The van der Waals surface area contributed by atoms with Gasteiger partial charge in [-0.2, -0.15) is 0 Å². The van der Waals surface area contributed by atoms with Crippen molar-refractivity contribution < 1.29 is 14.6 Å². The van der Waals surface area contributed by atoms with E-state index in [1.165, 1.54) is 5.56 Å². The van der Waals surface area contributed by atoms with Crippen LogP contribution in [0.1, 0.15) is 32.3 Å². The van der Waals surface area contributed by atoms with Crippen LogP contribution in [0.5, 0.6) is 11.5 Å². The number of nitrogen functional groups attached to an aromatic ring is 1. The van der Waals surface area contributed by atoms with Gasteiger partial charge in [-0.05, 0) is 83.0 Å². The molecule has 1 unspecified atom stereocenters. The first-order chi connectivity index (χ1) is 22.4. The van der Waals surface area contributed by atoms with Crippen LogP contribution in [-0.4, -0.2) is 30.5 Å². The zero-order valence-corrected chi connectivity index (χ0v) is 27.0. The number of nitrogens with zero attached hydrogens (tertiary/aromatic N) is 1. The second-order valence-corrected chi connectivity index (χ2v) is 11.5. The summed E-state index contributed by atoms with van der Waals surface area (Å²) in [5.41, 5.74) is 15.0. The summed E-state index contributed by atoms with van der Waals surface area (Å²) in [5, 5.41) is 13.0. The van der Waals surface area contributed by atoms with Gasteiger partial charge in [-0.25, -0.2) is 0 Å². The predicted octanol–water partition coefficient (Wildman–Crippen LogP) is 8.16. The van der Waals surface area contributed by atoms with Gasteiger partial charge in [0.05, 0.1) is 14.2 Å². The van der Waals surface area contributed by atoms with Crippen molar-refractivity contribution in [3.05, 3.63) is 113 Å². The average Bonchev–Trinajstić information content (AvgIpc) is 3.09. The quantitative estimate of drug-likeness (QED) is 0.115. The molecule has 0 aliphatic rings. The van der Waals surface area contributed by atoms with E-state index in [1.54, 1.807) is 14.2 Å². The van der Waals surface area contributed by atoms with E-state index in [0.29, 0.717) is 47.3 Å². The Hall–Kier alpha value is -5.01. The Morgan fingerprint density at radius 1 is 0.783 bits per heavy atom. The van der Waals surface area contributed by atoms with Crippen molar-refractivity contribution in [1.82, 2.24) is 4.57 Å². The second kappa shape index (κ2) is 14.8. The van der Waals surface area contributed by atoms with E-state index >= 15 is 0 Å². The fraction of sp³-hybridized carbons (Fsp3) is 0.256. The minimum Gasteiger partial charge on any atom is -0.493 e. The van der Waals surface area contributed by atoms with E-state index in [1.807, 2.05) is 79.1 Å². The van der Waals surface area contributed by atoms with Gasteiger partial charge in [-0.1, -0.05) is 68.8 Å². The lowest BCUT2D eigenvalue weighted by Gasteiger charge is -2.19. The molecular formula is C39H43N3O4. The van der Waals surface area contributed by atoms with Gasteiger partial charge < -0.3 is 30.2 Å². The standard InChI is InChI=1S/C39H43N3O4/c1-5-26-7-9-29(10-8-26)34-24-42(23-27(6-2)19-20-43)25-36(39(34)44)41-32-15-11-28(12-16-32)33-21-30(13-17-35(33)40)31-14-18-37(45-3)38(22-31)46-4/h7-18,21-22,24-25,27,41,43H,5-6,19-20,23,40H2,1-4H3. The number of anilines is 3. The summed E-state index contributed by atoms with van der Waals surface area (Å²) in [5.74, 6) is 1.63. The van der Waals surface area contributed by atoms with Gasteiger partial charge in [0.2, 0.25) is 5.43 Å². The summed E-state index contributed by atoms with van der Waals surface area (Å²) in [4.78, 5) is 13.8. The highest BCUT2D eigenvalue weighted by atomic mass is 16.5. The van der Waals surface area contributed by atoms with Crippen LogP contribution >= 0.6 is 0 Å². The van der Waals surface area contributed by atoms with E-state index in [0.717, 1.165) is 46.3 Å². The topological polar surface area (TPSA) is 98.7 Å². The summed E-state index contributed by atoms with van der Waals surface area (Å²) in [6, 6.07) is 27.9. The monoisotopic (exact) mass is 617 g/mol. The number of nitrogens with two attached hydrogens (primary N) is 1. The molecule has 4 N–H and O–H groups in total. The number of ether oxygens (including phenoxy) is 2. The Bertz CT molecular complexity index is 1830. The number of nitrogens with one attached hydrogen (secondary N) is 1. The Labute approximate surface area is 271 Å². The van der Waals surface area contributed by atoms with Crippen LogP contribution < -0.4 is 26.0 Å². The number of benzene rings is 4. The number of aliphatic hydroxyl groups excluding tert-OH is 1. The molecule has 0 saturated carbocycles. The van der Waals surface area contributed by atoms with Crippen molar-refractivity contribution in [3.63, 3.8) is 0 Å². The van der Waals surface area contributed by atoms with Crippen LogP contribution in [-0.2, 0) is 13.0 Å². The molecule has 0 fully saturated rings. The highest BCUT2D eigenvalue weighted by Crippen LogP contribution is 2.36. The van der Waals surface area contributed by atoms with Crippen LogP contribution in [0, 0.1) is 5.92 Å². The van der Waals surface area contributed by atoms with Crippen molar-refractivity contribution in [2.75, 3.05) is 31.9 Å². The molecule has 5 rings (SSSR count). The summed E-state index contributed by atoms with van der Waals surface area (Å²) >= 11 is 0. The lowest BCUT2D eigenvalue weighted by molar-refractivity contribution is 0.243. The molecule has 1 heterocycles. The Morgan fingerprint density at radius 3 is 2.07 bits per heavy atom. The summed E-state index contributed by atoms with van der Waals surface area (Å²) in [6.07, 6.45) is 6.40. The molecule has 0 radical (unpaired) electrons. The Kier molecular flexibility index (Phi) is 10.5. The van der Waals surface area contributed by atoms with Crippen molar-refractivity contribution in [2.24, 2.45) is 5.92 Å². The molecule has 0 amide bonds. The summed E-state index contributed by atoms with van der Waals surface area (Å²) in [7, 11) is 3.25. The zero-order valence-electron chi connectivity index (χ0n) is 27.0. The predicted molar refractivity (Wildman–Crippen MR) is 189 cm³/mol. The fourth-order valence-electron chi connectivity index (χ4n) is 5.75. The van der Waals surface area contributed by atoms with Crippen LogP contribution in [0.15, 0.2) is 102 Å². The number of hydrogen-bond donors (Lipinski definition) is 3. The molecule has 0 saturated heterocycles. The third-order valence-corrected chi connectivity index (χ3v) is 8.58. The number of pyridine rings is 1. The molecule has 5 aromatic rings. The lowest BCUT2D eigenvalue weighted by Crippen LogP contribution is -2.18. The maximum absolute atomic E-state index is 13.8. The number of hydrogen-bond acceptors (Lipinski definition) is 6. The van der Waals surface area contributed by atoms with E-state index in [4.69, 9.17) is 15.2 Å². The molecular weight excluding hydrogens is 574 g/mol. The maximum Gasteiger partial charge on any atom is 0.212 e. The minimum atomic E-state index is -0.0633. The van der Waals surface area contributed by atoms with Gasteiger partial charge in [-0.3, -0.25) is 4.79 Å². The fourth-order valence-corrected chi connectivity index (χ4v) is 5.75. The molecule has 0 spiro atoms. The number of aliphatic hydroxyl groups is 1. The third-order valence-electron chi connectivity index (χ3n) is 8.58. The number of rotatable bonds is 13. The molecule has 1 atom stereocenters. The Morgan fingerprint density at radius 2 is 1.41 bits per heavy atom. The second-order valence-electron chi connectivity index (χ2n) is 11.5. The summed E-state index contributed by atoms with van der Waals surface area (Å²) < 4.78 is 13.0. The third kappa shape index (κ3) is 7.27. The van der Waals surface area contributed by atoms with E-state index in [2.05, 4.69) is 41.9 Å². The van der Waals surface area contributed by atoms with Gasteiger partial charge in [0.25, 0.3) is 0 Å². The normalized spacial score (nSPS) is 11.7. The largest absolute Gasteiger partial charge is 0.493 e. The minimum absolute atomic E-state index is 0.0633. The first-order valence-electron chi connectivity index (χ1n) is 15.8. The van der Waals surface area contributed by atoms with E-state index in [9.17, 15) is 9.90 Å². The molecule has 0 aliphatic carbocycles. The molecule has 7 heteroatoms. The van der Waals surface area contributed by atoms with Crippen LogP contribution in [0.2, 0.25) is 0 Å². The molecule has 238 valence electrons. The Balaban J connectivity index is 1.46. The van der Waals surface area contributed by atoms with Gasteiger partial charge in [0.15, 0.2) is 11.5 Å². The van der Waals surface area contributed by atoms with Crippen molar-refractivity contribution in [1.29, 1.82) is 0 Å². The molecule has 7 nitrogen and oxygen atoms in total. The van der Waals surface area contributed by atoms with Crippen molar-refractivity contribution in [3.8, 4) is 44.9 Å². The molecule has 0 bridgehead atoms. The summed E-state index contributed by atoms with van der Waals surface area (Å²) in [6.45, 7) is 5.10. The first kappa shape index (κ1) is 32.4. The van der Waals surface area contributed by atoms with Crippen molar-refractivity contribution in [2.45, 2.75) is 39.7 Å². The zero-order chi connectivity index (χ0) is 32.6. The molecule has 0 aliphatic heterocycles. The van der Waals surface area contributed by atoms with Gasteiger partial charge in [0, 0.05) is 48.0 Å². The number of aromatic nitrogens is 1. The van der Waals surface area contributed by atoms with Crippen molar-refractivity contribution >= 4 is 17.1 Å². The number of methoxy groups -OCH3 is 2. The van der Waals surface area contributed by atoms with Gasteiger partial charge in [-0.15, -0.1) is 0 Å². The highest BCUT2D eigenvalue weighted by molar-refractivity contribution is 5.83. The highest BCUT2D eigenvalue weighted by Gasteiger charge is 2.14. The maximum atomic E-state index is 13.8. The molecule has 4 aromatic carbocycles. The van der Waals surface area contributed by atoms with E-state index < -0.39 is 0 Å². The smallest absolute Gasteiger partial charge is 0.212 e. The van der Waals surface area contributed by atoms with Gasteiger partial charge in [0.1, 0.15) is 5.69 Å². The van der Waals surface area contributed by atoms with Crippen LogP contribution in [0.3, 0.4) is 0 Å². The first-order valence-corrected chi connectivity index (χ1v) is 15.8. The lowest BCUT2D eigenvalue weighted by atomic mass is 9.97. The molecule has 46 heavy (non-hydrogen) atoms. The average molecular weight is 618 g/mol.